The second-order valence-electron chi connectivity index (χ2n) is 4.89. The van der Waals surface area contributed by atoms with Crippen LogP contribution in [0.25, 0.3) is 0 Å². The van der Waals surface area contributed by atoms with Gasteiger partial charge in [-0.25, -0.2) is 4.98 Å². The zero-order valence-electron chi connectivity index (χ0n) is 10.7. The molecule has 0 aliphatic heterocycles. The van der Waals surface area contributed by atoms with Crippen molar-refractivity contribution in [2.75, 3.05) is 0 Å². The first kappa shape index (κ1) is 15.1. The maximum atomic E-state index is 12.1. The number of carbonyl (C=O) groups is 2. The standard InChI is InChI=1S/C13H15Cl2N3O2/c14-9-5-6-10(15)18-11(9)13(20)17-8-3-1-7(2-4-8)12(16)19/h5-8H,1-4H2,(H2,16,19)(H,17,20). The lowest BCUT2D eigenvalue weighted by molar-refractivity contribution is -0.122. The summed E-state index contributed by atoms with van der Waals surface area (Å²) >= 11 is 11.7. The van der Waals surface area contributed by atoms with Gasteiger partial charge in [-0.1, -0.05) is 23.2 Å². The first-order valence-electron chi connectivity index (χ1n) is 6.39. The second-order valence-corrected chi connectivity index (χ2v) is 5.68. The van der Waals surface area contributed by atoms with Crippen molar-refractivity contribution in [3.63, 3.8) is 0 Å². The summed E-state index contributed by atoms with van der Waals surface area (Å²) in [6.45, 7) is 0. The van der Waals surface area contributed by atoms with Crippen molar-refractivity contribution in [3.8, 4) is 0 Å². The fourth-order valence-corrected chi connectivity index (χ4v) is 2.69. The average Bonchev–Trinajstić information content (AvgIpc) is 2.42. The van der Waals surface area contributed by atoms with Crippen LogP contribution in [0.2, 0.25) is 10.2 Å². The molecule has 1 aliphatic carbocycles. The second kappa shape index (κ2) is 6.41. The van der Waals surface area contributed by atoms with E-state index in [-0.39, 0.29) is 39.6 Å². The lowest BCUT2D eigenvalue weighted by Gasteiger charge is -2.27. The Balaban J connectivity index is 1.96. The molecule has 1 aliphatic rings. The first-order valence-corrected chi connectivity index (χ1v) is 7.15. The molecular weight excluding hydrogens is 301 g/mol. The lowest BCUT2D eigenvalue weighted by atomic mass is 9.85. The molecule has 1 heterocycles. The van der Waals surface area contributed by atoms with Gasteiger partial charge in [0.15, 0.2) is 0 Å². The van der Waals surface area contributed by atoms with E-state index in [4.69, 9.17) is 28.9 Å². The third-order valence-electron chi connectivity index (χ3n) is 3.49. The van der Waals surface area contributed by atoms with E-state index in [1.165, 1.54) is 12.1 Å². The van der Waals surface area contributed by atoms with E-state index in [1.807, 2.05) is 0 Å². The Morgan fingerprint density at radius 2 is 1.85 bits per heavy atom. The Labute approximate surface area is 126 Å². The molecule has 1 aromatic rings. The summed E-state index contributed by atoms with van der Waals surface area (Å²) in [5.41, 5.74) is 5.39. The van der Waals surface area contributed by atoms with Gasteiger partial charge in [-0.2, -0.15) is 0 Å². The van der Waals surface area contributed by atoms with Crippen LogP contribution in [0, 0.1) is 5.92 Å². The molecule has 1 aromatic heterocycles. The number of amides is 2. The molecule has 1 saturated carbocycles. The number of hydrogen-bond acceptors (Lipinski definition) is 3. The summed E-state index contributed by atoms with van der Waals surface area (Å²) in [7, 11) is 0. The molecule has 1 fully saturated rings. The van der Waals surface area contributed by atoms with Gasteiger partial charge in [0.25, 0.3) is 5.91 Å². The molecule has 20 heavy (non-hydrogen) atoms. The van der Waals surface area contributed by atoms with Crippen LogP contribution in [0.15, 0.2) is 12.1 Å². The molecule has 0 saturated heterocycles. The highest BCUT2D eigenvalue weighted by Gasteiger charge is 2.26. The number of nitrogens with zero attached hydrogens (tertiary/aromatic N) is 1. The minimum absolute atomic E-state index is 0.00921. The molecule has 5 nitrogen and oxygen atoms in total. The Kier molecular flexibility index (Phi) is 4.83. The summed E-state index contributed by atoms with van der Waals surface area (Å²) in [6, 6.07) is 3.07. The SMILES string of the molecule is NC(=O)C1CCC(NC(=O)c2nc(Cl)ccc2Cl)CC1. The molecule has 0 bridgehead atoms. The highest BCUT2D eigenvalue weighted by molar-refractivity contribution is 6.34. The molecule has 2 rings (SSSR count). The van der Waals surface area contributed by atoms with Crippen LogP contribution in [-0.2, 0) is 4.79 Å². The van der Waals surface area contributed by atoms with E-state index in [9.17, 15) is 9.59 Å². The molecule has 2 amide bonds. The number of aromatic nitrogens is 1. The van der Waals surface area contributed by atoms with Crippen molar-refractivity contribution < 1.29 is 9.59 Å². The van der Waals surface area contributed by atoms with E-state index in [0.29, 0.717) is 12.8 Å². The summed E-state index contributed by atoms with van der Waals surface area (Å²) < 4.78 is 0. The Bertz CT molecular complexity index is 528. The van der Waals surface area contributed by atoms with Gasteiger partial charge >= 0.3 is 0 Å². The lowest BCUT2D eigenvalue weighted by Crippen LogP contribution is -2.40. The molecule has 0 spiro atoms. The van der Waals surface area contributed by atoms with Gasteiger partial charge in [-0.05, 0) is 37.8 Å². The van der Waals surface area contributed by atoms with Crippen LogP contribution in [0.3, 0.4) is 0 Å². The van der Waals surface area contributed by atoms with Crippen LogP contribution < -0.4 is 11.1 Å². The Morgan fingerprint density at radius 1 is 1.20 bits per heavy atom. The molecule has 0 aromatic carbocycles. The summed E-state index contributed by atoms with van der Waals surface area (Å²) in [5, 5.41) is 3.35. The third kappa shape index (κ3) is 3.61. The van der Waals surface area contributed by atoms with Gasteiger partial charge in [0, 0.05) is 12.0 Å². The summed E-state index contributed by atoms with van der Waals surface area (Å²) in [6.07, 6.45) is 2.82. The van der Waals surface area contributed by atoms with E-state index in [2.05, 4.69) is 10.3 Å². The normalized spacial score (nSPS) is 22.3. The van der Waals surface area contributed by atoms with Crippen LogP contribution in [0.4, 0.5) is 0 Å². The average molecular weight is 316 g/mol. The van der Waals surface area contributed by atoms with Gasteiger partial charge in [-0.3, -0.25) is 9.59 Å². The number of hydrogen-bond donors (Lipinski definition) is 2. The highest BCUT2D eigenvalue weighted by atomic mass is 35.5. The van der Waals surface area contributed by atoms with Crippen molar-refractivity contribution in [1.82, 2.24) is 10.3 Å². The van der Waals surface area contributed by atoms with Gasteiger partial charge < -0.3 is 11.1 Å². The fraction of sp³-hybridized carbons (Fsp3) is 0.462. The summed E-state index contributed by atoms with van der Waals surface area (Å²) in [5.74, 6) is -0.703. The zero-order chi connectivity index (χ0) is 14.7. The number of halogens is 2. The van der Waals surface area contributed by atoms with Crippen molar-refractivity contribution in [2.24, 2.45) is 11.7 Å². The van der Waals surface area contributed by atoms with Crippen LogP contribution in [0.5, 0.6) is 0 Å². The molecule has 108 valence electrons. The van der Waals surface area contributed by atoms with Gasteiger partial charge in [0.05, 0.1) is 5.02 Å². The Morgan fingerprint density at radius 3 is 2.45 bits per heavy atom. The maximum Gasteiger partial charge on any atom is 0.271 e. The van der Waals surface area contributed by atoms with Gasteiger partial charge in [0.2, 0.25) is 5.91 Å². The van der Waals surface area contributed by atoms with Crippen LogP contribution >= 0.6 is 23.2 Å². The molecular formula is C13H15Cl2N3O2. The van der Waals surface area contributed by atoms with E-state index >= 15 is 0 Å². The molecule has 0 unspecified atom stereocenters. The van der Waals surface area contributed by atoms with Gasteiger partial charge in [-0.15, -0.1) is 0 Å². The number of pyridine rings is 1. The predicted octanol–water partition coefficient (Wildman–Crippen LogP) is 2.16. The molecule has 0 atom stereocenters. The minimum atomic E-state index is -0.347. The minimum Gasteiger partial charge on any atom is -0.369 e. The van der Waals surface area contributed by atoms with Crippen molar-refractivity contribution in [2.45, 2.75) is 31.7 Å². The number of primary amides is 1. The number of rotatable bonds is 3. The van der Waals surface area contributed by atoms with Crippen LogP contribution in [0.1, 0.15) is 36.2 Å². The Hall–Kier alpha value is -1.33. The largest absolute Gasteiger partial charge is 0.369 e. The quantitative estimate of drug-likeness (QED) is 0.838. The smallest absolute Gasteiger partial charge is 0.271 e. The van der Waals surface area contributed by atoms with Crippen molar-refractivity contribution >= 4 is 35.0 Å². The van der Waals surface area contributed by atoms with E-state index in [1.54, 1.807) is 0 Å². The summed E-state index contributed by atoms with van der Waals surface area (Å²) in [4.78, 5) is 27.1. The van der Waals surface area contributed by atoms with Crippen molar-refractivity contribution in [1.29, 1.82) is 0 Å². The van der Waals surface area contributed by atoms with Crippen LogP contribution in [-0.4, -0.2) is 22.8 Å². The highest BCUT2D eigenvalue weighted by Crippen LogP contribution is 2.24. The molecule has 3 N–H and O–H groups in total. The molecule has 7 heteroatoms. The maximum absolute atomic E-state index is 12.1. The topological polar surface area (TPSA) is 85.1 Å². The predicted molar refractivity (Wildman–Crippen MR) is 76.7 cm³/mol. The number of nitrogens with two attached hydrogens (primary N) is 1. The number of nitrogens with one attached hydrogen (secondary N) is 1. The fourth-order valence-electron chi connectivity index (χ4n) is 2.35. The van der Waals surface area contributed by atoms with E-state index in [0.717, 1.165) is 12.8 Å². The first-order chi connectivity index (χ1) is 9.47. The van der Waals surface area contributed by atoms with Crippen molar-refractivity contribution in [3.05, 3.63) is 28.0 Å². The molecule has 0 radical (unpaired) electrons. The third-order valence-corrected chi connectivity index (χ3v) is 4.01. The number of carbonyl (C=O) groups excluding carboxylic acids is 2. The monoisotopic (exact) mass is 315 g/mol. The van der Waals surface area contributed by atoms with E-state index < -0.39 is 0 Å². The van der Waals surface area contributed by atoms with Gasteiger partial charge in [0.1, 0.15) is 10.8 Å². The zero-order valence-corrected chi connectivity index (χ0v) is 12.2.